The van der Waals surface area contributed by atoms with Crippen LogP contribution in [-0.2, 0) is 0 Å². The summed E-state index contributed by atoms with van der Waals surface area (Å²) in [7, 11) is 0. The Kier molecular flexibility index (Phi) is 3.54. The molecule has 1 rings (SSSR count). The first-order valence-electron chi connectivity index (χ1n) is 4.87. The fourth-order valence-electron chi connectivity index (χ4n) is 2.01. The molecule has 2 atom stereocenters. The van der Waals surface area contributed by atoms with Crippen LogP contribution in [0.1, 0.15) is 33.1 Å². The third kappa shape index (κ3) is 2.59. The van der Waals surface area contributed by atoms with Crippen LogP contribution in [0.2, 0.25) is 0 Å². The standard InChI is InChI=1S/C9H19N3O/c1-7-4-3-5-8(2)12(7)6-9(10)11-13/h7-8,13H,3-6H2,1-2H3,(H2,10,11). The first kappa shape index (κ1) is 10.3. The molecule has 2 unspecified atom stereocenters. The molecule has 1 saturated heterocycles. The monoisotopic (exact) mass is 185 g/mol. The number of likely N-dealkylation sites (tertiary alicyclic amines) is 1. The van der Waals surface area contributed by atoms with Gasteiger partial charge in [0.05, 0.1) is 6.54 Å². The molecular weight excluding hydrogens is 166 g/mol. The van der Waals surface area contributed by atoms with E-state index in [0.717, 1.165) is 0 Å². The largest absolute Gasteiger partial charge is 0.409 e. The number of oxime groups is 1. The second-order valence-corrected chi connectivity index (χ2v) is 3.89. The highest BCUT2D eigenvalue weighted by atomic mass is 16.4. The molecule has 0 aliphatic carbocycles. The molecule has 76 valence electrons. The predicted octanol–water partition coefficient (Wildman–Crippen LogP) is 0.996. The first-order valence-corrected chi connectivity index (χ1v) is 4.87. The molecule has 0 aromatic heterocycles. The normalized spacial score (nSPS) is 32.0. The Morgan fingerprint density at radius 1 is 1.46 bits per heavy atom. The molecule has 1 aliphatic heterocycles. The molecule has 0 aromatic rings. The lowest BCUT2D eigenvalue weighted by Gasteiger charge is -2.38. The van der Waals surface area contributed by atoms with Gasteiger partial charge in [0.15, 0.2) is 5.84 Å². The molecule has 1 aliphatic rings. The second kappa shape index (κ2) is 4.46. The molecule has 1 heterocycles. The molecule has 13 heavy (non-hydrogen) atoms. The Bertz CT molecular complexity index is 183. The minimum Gasteiger partial charge on any atom is -0.409 e. The van der Waals surface area contributed by atoms with Gasteiger partial charge in [0, 0.05) is 12.1 Å². The van der Waals surface area contributed by atoms with Gasteiger partial charge in [-0.1, -0.05) is 11.6 Å². The predicted molar refractivity (Wildman–Crippen MR) is 52.9 cm³/mol. The van der Waals surface area contributed by atoms with Crippen LogP contribution in [0.3, 0.4) is 0 Å². The SMILES string of the molecule is CC1CCCC(C)N1CC(N)=NO. The molecule has 4 heteroatoms. The van der Waals surface area contributed by atoms with E-state index in [0.29, 0.717) is 24.5 Å². The van der Waals surface area contributed by atoms with Crippen molar-refractivity contribution in [2.75, 3.05) is 6.54 Å². The van der Waals surface area contributed by atoms with E-state index in [2.05, 4.69) is 23.9 Å². The summed E-state index contributed by atoms with van der Waals surface area (Å²) >= 11 is 0. The summed E-state index contributed by atoms with van der Waals surface area (Å²) in [5, 5.41) is 11.5. The average Bonchev–Trinajstić information content (AvgIpc) is 2.11. The van der Waals surface area contributed by atoms with Crippen molar-refractivity contribution < 1.29 is 5.21 Å². The first-order chi connectivity index (χ1) is 6.15. The lowest BCUT2D eigenvalue weighted by atomic mass is 9.97. The number of piperidine rings is 1. The minimum atomic E-state index is 0.306. The zero-order valence-corrected chi connectivity index (χ0v) is 8.40. The van der Waals surface area contributed by atoms with Gasteiger partial charge in [-0.2, -0.15) is 0 Å². The number of nitrogens with zero attached hydrogens (tertiary/aromatic N) is 2. The average molecular weight is 185 g/mol. The topological polar surface area (TPSA) is 61.8 Å². The quantitative estimate of drug-likeness (QED) is 0.292. The van der Waals surface area contributed by atoms with Crippen LogP contribution in [0.15, 0.2) is 5.16 Å². The van der Waals surface area contributed by atoms with Gasteiger partial charge in [-0.05, 0) is 26.7 Å². The summed E-state index contributed by atoms with van der Waals surface area (Å²) in [6.45, 7) is 4.97. The summed E-state index contributed by atoms with van der Waals surface area (Å²) in [6.07, 6.45) is 3.71. The number of nitrogens with two attached hydrogens (primary N) is 1. The van der Waals surface area contributed by atoms with Crippen molar-refractivity contribution in [3.05, 3.63) is 0 Å². The van der Waals surface area contributed by atoms with Crippen LogP contribution in [0.5, 0.6) is 0 Å². The fraction of sp³-hybridized carbons (Fsp3) is 0.889. The maximum absolute atomic E-state index is 8.47. The van der Waals surface area contributed by atoms with E-state index in [1.807, 2.05) is 0 Å². The van der Waals surface area contributed by atoms with Crippen LogP contribution < -0.4 is 5.73 Å². The van der Waals surface area contributed by atoms with Crippen molar-refractivity contribution in [1.82, 2.24) is 4.90 Å². The Morgan fingerprint density at radius 3 is 2.46 bits per heavy atom. The van der Waals surface area contributed by atoms with Gasteiger partial charge in [-0.15, -0.1) is 0 Å². The Labute approximate surface area is 79.4 Å². The van der Waals surface area contributed by atoms with Gasteiger partial charge < -0.3 is 10.9 Å². The van der Waals surface area contributed by atoms with Crippen LogP contribution in [0.25, 0.3) is 0 Å². The van der Waals surface area contributed by atoms with Crippen molar-refractivity contribution in [2.24, 2.45) is 10.9 Å². The van der Waals surface area contributed by atoms with Gasteiger partial charge in [0.2, 0.25) is 0 Å². The van der Waals surface area contributed by atoms with Crippen molar-refractivity contribution in [3.8, 4) is 0 Å². The molecule has 0 bridgehead atoms. The Balaban J connectivity index is 2.53. The molecule has 0 radical (unpaired) electrons. The fourth-order valence-corrected chi connectivity index (χ4v) is 2.01. The molecule has 0 amide bonds. The second-order valence-electron chi connectivity index (χ2n) is 3.89. The van der Waals surface area contributed by atoms with Gasteiger partial charge in [0.25, 0.3) is 0 Å². The smallest absolute Gasteiger partial charge is 0.153 e. The molecule has 0 aromatic carbocycles. The van der Waals surface area contributed by atoms with E-state index in [9.17, 15) is 0 Å². The van der Waals surface area contributed by atoms with Crippen molar-refractivity contribution in [2.45, 2.75) is 45.2 Å². The van der Waals surface area contributed by atoms with Gasteiger partial charge >= 0.3 is 0 Å². The van der Waals surface area contributed by atoms with Crippen LogP contribution in [0, 0.1) is 0 Å². The summed E-state index contributed by atoms with van der Waals surface area (Å²) in [4.78, 5) is 2.29. The molecule has 3 N–H and O–H groups in total. The lowest BCUT2D eigenvalue weighted by molar-refractivity contribution is 0.122. The van der Waals surface area contributed by atoms with E-state index < -0.39 is 0 Å². The van der Waals surface area contributed by atoms with Gasteiger partial charge in [-0.25, -0.2) is 0 Å². The van der Waals surface area contributed by atoms with Crippen LogP contribution >= 0.6 is 0 Å². The molecular formula is C9H19N3O. The summed E-state index contributed by atoms with van der Waals surface area (Å²) in [6, 6.07) is 1.09. The molecule has 0 spiro atoms. The number of hydrogen-bond donors (Lipinski definition) is 2. The summed E-state index contributed by atoms with van der Waals surface area (Å²) < 4.78 is 0. The number of hydrogen-bond acceptors (Lipinski definition) is 3. The van der Waals surface area contributed by atoms with Gasteiger partial charge in [0.1, 0.15) is 0 Å². The van der Waals surface area contributed by atoms with Crippen molar-refractivity contribution in [1.29, 1.82) is 0 Å². The third-order valence-electron chi connectivity index (χ3n) is 2.85. The molecule has 4 nitrogen and oxygen atoms in total. The minimum absolute atomic E-state index is 0.306. The van der Waals surface area contributed by atoms with E-state index in [1.165, 1.54) is 19.3 Å². The lowest BCUT2D eigenvalue weighted by Crippen LogP contribution is -2.47. The van der Waals surface area contributed by atoms with Crippen molar-refractivity contribution in [3.63, 3.8) is 0 Å². The Hall–Kier alpha value is -0.770. The van der Waals surface area contributed by atoms with E-state index in [-0.39, 0.29) is 0 Å². The Morgan fingerprint density at radius 2 is 2.00 bits per heavy atom. The third-order valence-corrected chi connectivity index (χ3v) is 2.85. The van der Waals surface area contributed by atoms with E-state index in [4.69, 9.17) is 10.9 Å². The highest BCUT2D eigenvalue weighted by Gasteiger charge is 2.24. The maximum atomic E-state index is 8.47. The van der Waals surface area contributed by atoms with Gasteiger partial charge in [-0.3, -0.25) is 4.90 Å². The van der Waals surface area contributed by atoms with E-state index >= 15 is 0 Å². The van der Waals surface area contributed by atoms with Crippen LogP contribution in [-0.4, -0.2) is 34.6 Å². The number of rotatable bonds is 2. The van der Waals surface area contributed by atoms with Crippen LogP contribution in [0.4, 0.5) is 0 Å². The highest BCUT2D eigenvalue weighted by molar-refractivity contribution is 5.81. The van der Waals surface area contributed by atoms with E-state index in [1.54, 1.807) is 0 Å². The number of amidine groups is 1. The zero-order chi connectivity index (χ0) is 9.84. The van der Waals surface area contributed by atoms with Crippen molar-refractivity contribution >= 4 is 5.84 Å². The summed E-state index contributed by atoms with van der Waals surface area (Å²) in [5.74, 6) is 0.306. The molecule has 0 saturated carbocycles. The summed E-state index contributed by atoms with van der Waals surface area (Å²) in [5.41, 5.74) is 5.49. The molecule has 1 fully saturated rings. The highest BCUT2D eigenvalue weighted by Crippen LogP contribution is 2.21. The maximum Gasteiger partial charge on any atom is 0.153 e. The zero-order valence-electron chi connectivity index (χ0n) is 8.40.